The quantitative estimate of drug-likeness (QED) is 0.499. The van der Waals surface area contributed by atoms with Crippen molar-refractivity contribution in [1.29, 1.82) is 0 Å². The molecule has 0 aromatic heterocycles. The van der Waals surface area contributed by atoms with Crippen LogP contribution in [0, 0.1) is 0 Å². The van der Waals surface area contributed by atoms with Crippen LogP contribution in [0.3, 0.4) is 0 Å². The fraction of sp³-hybridized carbons (Fsp3) is 0.667. The number of nitrogens with zero attached hydrogens (tertiary/aromatic N) is 3. The van der Waals surface area contributed by atoms with E-state index in [1.54, 1.807) is 0 Å². The molecule has 3 unspecified atom stereocenters. The van der Waals surface area contributed by atoms with Crippen LogP contribution in [-0.4, -0.2) is 74.3 Å². The van der Waals surface area contributed by atoms with E-state index in [2.05, 4.69) is 64.3 Å². The fourth-order valence-corrected chi connectivity index (χ4v) is 4.25. The zero-order chi connectivity index (χ0) is 18.4. The minimum absolute atomic E-state index is 0.346. The predicted molar refractivity (Wildman–Crippen MR) is 108 cm³/mol. The Labute approximate surface area is 158 Å². The van der Waals surface area contributed by atoms with Crippen LogP contribution >= 0.6 is 0 Å². The Morgan fingerprint density at radius 1 is 1.15 bits per heavy atom. The Kier molecular flexibility index (Phi) is 6.92. The summed E-state index contributed by atoms with van der Waals surface area (Å²) in [4.78, 5) is 9.42. The van der Waals surface area contributed by atoms with E-state index in [0.29, 0.717) is 18.1 Å². The molecule has 0 radical (unpaired) electrons. The summed E-state index contributed by atoms with van der Waals surface area (Å²) >= 11 is 0. The third kappa shape index (κ3) is 5.21. The van der Waals surface area contributed by atoms with Gasteiger partial charge in [-0.05, 0) is 32.3 Å². The molecule has 3 atom stereocenters. The maximum absolute atomic E-state index is 5.81. The highest BCUT2D eigenvalue weighted by atomic mass is 16.5. The minimum atomic E-state index is 0.346. The monoisotopic (exact) mass is 358 g/mol. The number of rotatable bonds is 5. The average molecular weight is 359 g/mol. The lowest BCUT2D eigenvalue weighted by molar-refractivity contribution is -0.0679. The third-order valence-electron chi connectivity index (χ3n) is 5.40. The van der Waals surface area contributed by atoms with Gasteiger partial charge in [0.15, 0.2) is 5.96 Å². The first-order chi connectivity index (χ1) is 12.7. The molecule has 0 bridgehead atoms. The van der Waals surface area contributed by atoms with E-state index >= 15 is 0 Å². The second-order valence-corrected chi connectivity index (χ2v) is 7.69. The zero-order valence-corrected chi connectivity index (χ0v) is 16.5. The van der Waals surface area contributed by atoms with Crippen LogP contribution < -0.4 is 5.32 Å². The lowest BCUT2D eigenvalue weighted by Gasteiger charge is -2.35. The molecule has 2 fully saturated rings. The van der Waals surface area contributed by atoms with Crippen LogP contribution in [0.4, 0.5) is 0 Å². The summed E-state index contributed by atoms with van der Waals surface area (Å²) in [6.45, 7) is 10.7. The Morgan fingerprint density at radius 3 is 2.58 bits per heavy atom. The maximum atomic E-state index is 5.81. The van der Waals surface area contributed by atoms with Crippen molar-refractivity contribution < 1.29 is 4.74 Å². The number of ether oxygens (including phenoxy) is 1. The summed E-state index contributed by atoms with van der Waals surface area (Å²) < 4.78 is 5.81. The summed E-state index contributed by atoms with van der Waals surface area (Å²) in [7, 11) is 1.89. The molecule has 0 aliphatic carbocycles. The van der Waals surface area contributed by atoms with Crippen molar-refractivity contribution in [3.05, 3.63) is 35.9 Å². The second-order valence-electron chi connectivity index (χ2n) is 7.69. The molecule has 2 saturated heterocycles. The highest BCUT2D eigenvalue weighted by molar-refractivity contribution is 5.80. The topological polar surface area (TPSA) is 40.1 Å². The normalized spacial score (nSPS) is 27.7. The minimum Gasteiger partial charge on any atom is -0.373 e. The SMILES string of the molecule is CN=C(NCCCN1CC(C)OC(C)C1)N1CCC(c2ccccc2)C1. The molecular weight excluding hydrogens is 324 g/mol. The summed E-state index contributed by atoms with van der Waals surface area (Å²) in [6.07, 6.45) is 3.03. The smallest absolute Gasteiger partial charge is 0.193 e. The Hall–Kier alpha value is -1.59. The number of hydrogen-bond donors (Lipinski definition) is 1. The highest BCUT2D eigenvalue weighted by Gasteiger charge is 2.26. The second kappa shape index (κ2) is 9.38. The standard InChI is InChI=1S/C21H34N4O/c1-17-14-24(15-18(2)26-17)12-7-11-23-21(22-3)25-13-10-20(16-25)19-8-5-4-6-9-19/h4-6,8-9,17-18,20H,7,10-16H2,1-3H3,(H,22,23). The molecule has 144 valence electrons. The van der Waals surface area contributed by atoms with E-state index in [9.17, 15) is 0 Å². The maximum Gasteiger partial charge on any atom is 0.193 e. The molecule has 0 amide bonds. The molecular formula is C21H34N4O. The van der Waals surface area contributed by atoms with Crippen molar-refractivity contribution in [2.24, 2.45) is 4.99 Å². The van der Waals surface area contributed by atoms with Gasteiger partial charge >= 0.3 is 0 Å². The van der Waals surface area contributed by atoms with Gasteiger partial charge in [0, 0.05) is 52.2 Å². The molecule has 1 aromatic rings. The van der Waals surface area contributed by atoms with Gasteiger partial charge < -0.3 is 15.0 Å². The van der Waals surface area contributed by atoms with Gasteiger partial charge in [0.25, 0.3) is 0 Å². The molecule has 2 aliphatic rings. The number of morpholine rings is 1. The largest absolute Gasteiger partial charge is 0.373 e. The molecule has 1 aromatic carbocycles. The van der Waals surface area contributed by atoms with Gasteiger partial charge in [-0.15, -0.1) is 0 Å². The number of guanidine groups is 1. The van der Waals surface area contributed by atoms with E-state index in [1.165, 1.54) is 12.0 Å². The summed E-state index contributed by atoms with van der Waals surface area (Å²) in [5.41, 5.74) is 1.45. The Balaban J connectivity index is 1.40. The molecule has 0 spiro atoms. The van der Waals surface area contributed by atoms with Crippen LogP contribution in [0.1, 0.15) is 38.2 Å². The Bertz CT molecular complexity index is 567. The van der Waals surface area contributed by atoms with Crippen LogP contribution in [-0.2, 0) is 4.74 Å². The van der Waals surface area contributed by atoms with Gasteiger partial charge in [-0.3, -0.25) is 9.89 Å². The number of likely N-dealkylation sites (tertiary alicyclic amines) is 1. The fourth-order valence-electron chi connectivity index (χ4n) is 4.25. The van der Waals surface area contributed by atoms with Crippen molar-refractivity contribution in [2.75, 3.05) is 46.3 Å². The van der Waals surface area contributed by atoms with Gasteiger partial charge in [0.1, 0.15) is 0 Å². The molecule has 5 nitrogen and oxygen atoms in total. The lowest BCUT2D eigenvalue weighted by Crippen LogP contribution is -2.46. The zero-order valence-electron chi connectivity index (χ0n) is 16.5. The van der Waals surface area contributed by atoms with Gasteiger partial charge in [-0.25, -0.2) is 0 Å². The summed E-state index contributed by atoms with van der Waals surface area (Å²) in [5.74, 6) is 1.67. The van der Waals surface area contributed by atoms with Gasteiger partial charge in [-0.1, -0.05) is 30.3 Å². The first-order valence-electron chi connectivity index (χ1n) is 10.0. The van der Waals surface area contributed by atoms with Crippen molar-refractivity contribution in [1.82, 2.24) is 15.1 Å². The highest BCUT2D eigenvalue weighted by Crippen LogP contribution is 2.26. The van der Waals surface area contributed by atoms with Crippen LogP contribution in [0.15, 0.2) is 35.3 Å². The van der Waals surface area contributed by atoms with Gasteiger partial charge in [0.05, 0.1) is 12.2 Å². The van der Waals surface area contributed by atoms with Crippen molar-refractivity contribution in [3.8, 4) is 0 Å². The molecule has 3 rings (SSSR count). The Morgan fingerprint density at radius 2 is 1.88 bits per heavy atom. The van der Waals surface area contributed by atoms with E-state index in [0.717, 1.165) is 51.6 Å². The van der Waals surface area contributed by atoms with E-state index in [-0.39, 0.29) is 0 Å². The van der Waals surface area contributed by atoms with E-state index in [1.807, 2.05) is 7.05 Å². The van der Waals surface area contributed by atoms with E-state index < -0.39 is 0 Å². The predicted octanol–water partition coefficient (Wildman–Crippen LogP) is 2.55. The van der Waals surface area contributed by atoms with Gasteiger partial charge in [-0.2, -0.15) is 0 Å². The molecule has 2 aliphatic heterocycles. The number of nitrogens with one attached hydrogen (secondary N) is 1. The van der Waals surface area contributed by atoms with Crippen molar-refractivity contribution >= 4 is 5.96 Å². The number of aliphatic imine (C=N–C) groups is 1. The van der Waals surface area contributed by atoms with Crippen LogP contribution in [0.25, 0.3) is 0 Å². The lowest BCUT2D eigenvalue weighted by atomic mass is 9.99. The first-order valence-corrected chi connectivity index (χ1v) is 10.0. The number of hydrogen-bond acceptors (Lipinski definition) is 3. The summed E-state index contributed by atoms with van der Waals surface area (Å²) in [6, 6.07) is 10.9. The molecule has 1 N–H and O–H groups in total. The first kappa shape index (κ1) is 19.2. The summed E-state index contributed by atoms with van der Waals surface area (Å²) in [5, 5.41) is 3.56. The third-order valence-corrected chi connectivity index (χ3v) is 5.40. The van der Waals surface area contributed by atoms with Crippen LogP contribution in [0.5, 0.6) is 0 Å². The number of benzene rings is 1. The molecule has 0 saturated carbocycles. The van der Waals surface area contributed by atoms with Crippen molar-refractivity contribution in [2.45, 2.75) is 44.8 Å². The van der Waals surface area contributed by atoms with Crippen LogP contribution in [0.2, 0.25) is 0 Å². The van der Waals surface area contributed by atoms with E-state index in [4.69, 9.17) is 4.74 Å². The van der Waals surface area contributed by atoms with Gasteiger partial charge in [0.2, 0.25) is 0 Å². The molecule has 2 heterocycles. The molecule has 26 heavy (non-hydrogen) atoms. The average Bonchev–Trinajstić information content (AvgIpc) is 3.12. The van der Waals surface area contributed by atoms with Crippen molar-refractivity contribution in [3.63, 3.8) is 0 Å². The molecule has 5 heteroatoms.